The maximum atomic E-state index is 16.4. The van der Waals surface area contributed by atoms with Gasteiger partial charge in [-0.3, -0.25) is 0 Å². The van der Waals surface area contributed by atoms with Gasteiger partial charge in [0.15, 0.2) is 30.1 Å². The number of rotatable bonds is 4. The monoisotopic (exact) mass is 812 g/mol. The first kappa shape index (κ1) is 35.3. The molecule has 0 fully saturated rings. The molecular weight excluding hydrogens is 777 g/mol. The Bertz CT molecular complexity index is 3030. The van der Waals surface area contributed by atoms with Gasteiger partial charge in [-0.2, -0.15) is 0 Å². The molecule has 0 amide bonds. The van der Waals surface area contributed by atoms with Crippen molar-refractivity contribution in [1.29, 1.82) is 0 Å². The first-order valence-electron chi connectivity index (χ1n) is 21.1. The molecule has 0 saturated carbocycles. The molecule has 4 heterocycles. The summed E-state index contributed by atoms with van der Waals surface area (Å²) in [6, 6.07) is 74.1. The van der Waals surface area contributed by atoms with Gasteiger partial charge in [-0.15, -0.1) is 0 Å². The first-order valence-corrected chi connectivity index (χ1v) is 22.8. The molecule has 0 aromatic heterocycles. The van der Waals surface area contributed by atoms with E-state index in [2.05, 4.69) is 174 Å². The smallest absolute Gasteiger partial charge is 0.243 e. The summed E-state index contributed by atoms with van der Waals surface area (Å²) in [5.41, 5.74) is 12.8. The van der Waals surface area contributed by atoms with Crippen molar-refractivity contribution >= 4 is 103 Å². The lowest BCUT2D eigenvalue weighted by Gasteiger charge is -2.40. The van der Waals surface area contributed by atoms with Crippen molar-refractivity contribution in [2.75, 3.05) is 9.80 Å². The van der Waals surface area contributed by atoms with Gasteiger partial charge < -0.3 is 23.8 Å². The molecule has 8 heteroatoms. The van der Waals surface area contributed by atoms with Crippen molar-refractivity contribution in [2.45, 2.75) is 0 Å². The number of fused-ring (bicyclic) bond motifs is 8. The number of nitrogens with zero attached hydrogens (tertiary/aromatic N) is 2. The Balaban J connectivity index is 0.948. The number of hydrogen-bond donors (Lipinski definition) is 0. The fourth-order valence-electron chi connectivity index (χ4n) is 10.5. The Labute approximate surface area is 361 Å². The second-order valence-corrected chi connectivity index (χ2v) is 18.9. The molecule has 0 aliphatic carbocycles. The number of ether oxygens (including phenoxy) is 2. The van der Waals surface area contributed by atoms with E-state index in [1.807, 2.05) is 48.5 Å². The van der Waals surface area contributed by atoms with Crippen LogP contribution in [0.5, 0.6) is 23.0 Å². The number of hydrogen-bond acceptors (Lipinski definition) is 5. The number of para-hydroxylation sites is 8. The maximum Gasteiger partial charge on any atom is 0.243 e. The van der Waals surface area contributed by atoms with Gasteiger partial charge in [-0.25, -0.2) is 0 Å². The van der Waals surface area contributed by atoms with Crippen LogP contribution in [0.15, 0.2) is 212 Å². The van der Waals surface area contributed by atoms with Crippen LogP contribution in [0.2, 0.25) is 0 Å². The summed E-state index contributed by atoms with van der Waals surface area (Å²) in [5, 5.41) is 2.83. The van der Waals surface area contributed by atoms with Crippen LogP contribution in [0.1, 0.15) is 0 Å². The molecule has 0 atom stereocenters. The molecule has 4 aliphatic heterocycles. The highest BCUT2D eigenvalue weighted by molar-refractivity contribution is 7.88. The van der Waals surface area contributed by atoms with Gasteiger partial charge in [-0.05, 0) is 72.8 Å². The molecule has 9 aromatic carbocycles. The van der Waals surface area contributed by atoms with Gasteiger partial charge in [0.25, 0.3) is 0 Å². The van der Waals surface area contributed by atoms with Crippen LogP contribution >= 0.6 is 7.14 Å². The van der Waals surface area contributed by atoms with Crippen molar-refractivity contribution in [1.82, 2.24) is 0 Å². The molecular formula is C54H35B2N2O3P. The van der Waals surface area contributed by atoms with Crippen LogP contribution in [0, 0.1) is 0 Å². The second kappa shape index (κ2) is 13.5. The summed E-state index contributed by atoms with van der Waals surface area (Å²) in [7, 11) is -3.28. The van der Waals surface area contributed by atoms with Gasteiger partial charge in [0, 0.05) is 27.3 Å². The lowest BCUT2D eigenvalue weighted by Crippen LogP contribution is -2.74. The van der Waals surface area contributed by atoms with Gasteiger partial charge in [0.05, 0.1) is 22.7 Å². The molecule has 0 unspecified atom stereocenters. The normalized spacial score (nSPS) is 14.5. The zero-order valence-corrected chi connectivity index (χ0v) is 34.3. The minimum Gasteiger partial charge on any atom is -0.453 e. The summed E-state index contributed by atoms with van der Waals surface area (Å²) >= 11 is 0. The summed E-state index contributed by atoms with van der Waals surface area (Å²) in [5.74, 6) is 3.29. The van der Waals surface area contributed by atoms with Gasteiger partial charge >= 0.3 is 0 Å². The molecule has 0 N–H and O–H groups in total. The Morgan fingerprint density at radius 2 is 0.661 bits per heavy atom. The topological polar surface area (TPSA) is 42.0 Å². The number of benzene rings is 9. The third-order valence-corrected chi connectivity index (χ3v) is 16.4. The molecule has 0 radical (unpaired) electrons. The van der Waals surface area contributed by atoms with Crippen molar-refractivity contribution in [3.63, 3.8) is 0 Å². The molecule has 62 heavy (non-hydrogen) atoms. The predicted molar refractivity (Wildman–Crippen MR) is 258 cm³/mol. The molecule has 9 aromatic rings. The standard InChI is InChI=1S/C54H35B2N2O3P/c59-62-52-26-11-1-14-40(52)55(36-28-32-38(33-29-36)57-44-18-3-7-22-48(44)60-49-23-8-4-19-45(49)57)42-16-13-17-43(54(42)62)56(41-15-2-12-27-53(41)62)37-30-34-39(35-31-37)58-46-20-5-9-24-50(46)61-51-25-10-6-21-47(51)58/h1-35H. The van der Waals surface area contributed by atoms with Crippen LogP contribution in [0.25, 0.3) is 0 Å². The van der Waals surface area contributed by atoms with Crippen LogP contribution in [0.4, 0.5) is 34.1 Å². The maximum absolute atomic E-state index is 16.4. The minimum absolute atomic E-state index is 0.115. The molecule has 0 bridgehead atoms. The van der Waals surface area contributed by atoms with E-state index >= 15 is 4.57 Å². The summed E-state index contributed by atoms with van der Waals surface area (Å²) in [6.45, 7) is -0.229. The van der Waals surface area contributed by atoms with Crippen molar-refractivity contribution in [3.8, 4) is 23.0 Å². The fourth-order valence-corrected chi connectivity index (χ4v) is 14.1. The van der Waals surface area contributed by atoms with Crippen molar-refractivity contribution < 1.29 is 14.0 Å². The summed E-state index contributed by atoms with van der Waals surface area (Å²) < 4.78 is 29.1. The zero-order chi connectivity index (χ0) is 40.9. The third-order valence-electron chi connectivity index (χ3n) is 13.0. The van der Waals surface area contributed by atoms with E-state index in [4.69, 9.17) is 9.47 Å². The predicted octanol–water partition coefficient (Wildman–Crippen LogP) is 8.14. The Kier molecular flexibility index (Phi) is 7.70. The van der Waals surface area contributed by atoms with Gasteiger partial charge in [0.1, 0.15) is 0 Å². The molecule has 4 aliphatic rings. The third kappa shape index (κ3) is 5.03. The van der Waals surface area contributed by atoms with Crippen LogP contribution in [-0.4, -0.2) is 13.4 Å². The average Bonchev–Trinajstić information content (AvgIpc) is 3.33. The molecule has 0 saturated heterocycles. The number of anilines is 6. The van der Waals surface area contributed by atoms with E-state index in [1.54, 1.807) is 0 Å². The lowest BCUT2D eigenvalue weighted by atomic mass is 9.33. The molecule has 290 valence electrons. The van der Waals surface area contributed by atoms with E-state index in [0.29, 0.717) is 0 Å². The quantitative estimate of drug-likeness (QED) is 0.133. The summed E-state index contributed by atoms with van der Waals surface area (Å²) in [6.07, 6.45) is 0. The SMILES string of the molecule is O=P12c3ccccc3B(c3ccc(N4c5ccccc5Oc5ccccc54)cc3)c3cccc(c31)B(c1ccc(N3c4ccccc4Oc4ccccc43)cc1)c1ccccc12. The minimum atomic E-state index is -3.28. The van der Waals surface area contributed by atoms with Crippen molar-refractivity contribution in [2.24, 2.45) is 0 Å². The van der Waals surface area contributed by atoms with Crippen molar-refractivity contribution in [3.05, 3.63) is 212 Å². The Morgan fingerprint density at radius 3 is 1.05 bits per heavy atom. The second-order valence-electron chi connectivity index (χ2n) is 16.3. The Morgan fingerprint density at radius 1 is 0.339 bits per heavy atom. The van der Waals surface area contributed by atoms with Gasteiger partial charge in [0.2, 0.25) is 13.4 Å². The van der Waals surface area contributed by atoms with E-state index in [0.717, 1.165) is 106 Å². The van der Waals surface area contributed by atoms with E-state index in [9.17, 15) is 0 Å². The van der Waals surface area contributed by atoms with Crippen LogP contribution in [-0.2, 0) is 4.57 Å². The highest BCUT2D eigenvalue weighted by Crippen LogP contribution is 2.51. The highest BCUT2D eigenvalue weighted by atomic mass is 31.2. The Hall–Kier alpha value is -7.46. The largest absolute Gasteiger partial charge is 0.453 e. The average molecular weight is 812 g/mol. The fraction of sp³-hybridized carbons (Fsp3) is 0. The molecule has 5 nitrogen and oxygen atoms in total. The highest BCUT2D eigenvalue weighted by Gasteiger charge is 2.50. The van der Waals surface area contributed by atoms with Crippen LogP contribution < -0.4 is 68.0 Å². The zero-order valence-electron chi connectivity index (χ0n) is 33.4. The van der Waals surface area contributed by atoms with Gasteiger partial charge in [-0.1, -0.05) is 172 Å². The van der Waals surface area contributed by atoms with Crippen LogP contribution in [0.3, 0.4) is 0 Å². The van der Waals surface area contributed by atoms with E-state index in [1.165, 1.54) is 0 Å². The summed E-state index contributed by atoms with van der Waals surface area (Å²) in [4.78, 5) is 4.55. The van der Waals surface area contributed by atoms with E-state index in [-0.39, 0.29) is 13.4 Å². The van der Waals surface area contributed by atoms with E-state index < -0.39 is 7.14 Å². The molecule has 0 spiro atoms. The lowest BCUT2D eigenvalue weighted by molar-refractivity contribution is 0.477. The molecule has 13 rings (SSSR count). The first-order chi connectivity index (χ1) is 30.6.